The summed E-state index contributed by atoms with van der Waals surface area (Å²) in [7, 11) is 0. The number of rotatable bonds is 4. The van der Waals surface area contributed by atoms with Crippen molar-refractivity contribution in [2.24, 2.45) is 5.92 Å². The van der Waals surface area contributed by atoms with E-state index in [0.29, 0.717) is 12.5 Å². The number of H-pyrrole nitrogens is 1. The van der Waals surface area contributed by atoms with Gasteiger partial charge in [0.25, 0.3) is 5.56 Å². The molecule has 2 aromatic heterocycles. The first kappa shape index (κ1) is 14.1. The summed E-state index contributed by atoms with van der Waals surface area (Å²) in [6.45, 7) is 5.36. The van der Waals surface area contributed by atoms with Gasteiger partial charge >= 0.3 is 0 Å². The molecule has 3 heterocycles. The second kappa shape index (κ2) is 5.62. The van der Waals surface area contributed by atoms with E-state index < -0.39 is 0 Å². The number of likely N-dealkylation sites (tertiary alicyclic amines) is 1. The average Bonchev–Trinajstić information content (AvgIpc) is 2.91. The van der Waals surface area contributed by atoms with Gasteiger partial charge in [-0.1, -0.05) is 12.1 Å². The van der Waals surface area contributed by atoms with E-state index in [0.717, 1.165) is 42.2 Å². The van der Waals surface area contributed by atoms with Gasteiger partial charge in [-0.2, -0.15) is 5.10 Å². The second-order valence-electron chi connectivity index (χ2n) is 6.26. The minimum atomic E-state index is -0.0219. The smallest absolute Gasteiger partial charge is 0.266 e. The number of aryl methyl sites for hydroxylation is 1. The molecule has 6 nitrogen and oxygen atoms in total. The van der Waals surface area contributed by atoms with E-state index in [2.05, 4.69) is 20.0 Å². The second-order valence-corrected chi connectivity index (χ2v) is 6.26. The van der Waals surface area contributed by atoms with Gasteiger partial charge in [-0.25, -0.2) is 9.67 Å². The van der Waals surface area contributed by atoms with Gasteiger partial charge in [-0.15, -0.1) is 0 Å². The zero-order valence-electron chi connectivity index (χ0n) is 13.1. The third-order valence-corrected chi connectivity index (χ3v) is 4.28. The van der Waals surface area contributed by atoms with Crippen LogP contribution in [0.1, 0.15) is 11.5 Å². The first-order valence-corrected chi connectivity index (χ1v) is 7.88. The Kier molecular flexibility index (Phi) is 3.46. The Bertz CT molecular complexity index is 858. The lowest BCUT2D eigenvalue weighted by Crippen LogP contribution is -2.49. The molecule has 0 atom stereocenters. The highest BCUT2D eigenvalue weighted by atomic mass is 16.1. The number of nitrogens with one attached hydrogen (secondary N) is 1. The lowest BCUT2D eigenvalue weighted by molar-refractivity contribution is 0.0743. The van der Waals surface area contributed by atoms with E-state index in [1.165, 1.54) is 0 Å². The molecule has 118 valence electrons. The minimum Gasteiger partial charge on any atom is -0.341 e. The monoisotopic (exact) mass is 309 g/mol. The van der Waals surface area contributed by atoms with E-state index in [1.807, 2.05) is 31.2 Å². The number of imidazole rings is 1. The highest BCUT2D eigenvalue weighted by Gasteiger charge is 2.28. The van der Waals surface area contributed by atoms with E-state index in [1.54, 1.807) is 16.8 Å². The van der Waals surface area contributed by atoms with Crippen molar-refractivity contribution in [3.8, 4) is 0 Å². The molecule has 0 amide bonds. The van der Waals surface area contributed by atoms with Gasteiger partial charge in [-0.3, -0.25) is 9.69 Å². The molecule has 1 aliphatic rings. The van der Waals surface area contributed by atoms with Gasteiger partial charge in [0, 0.05) is 25.1 Å². The van der Waals surface area contributed by atoms with Crippen molar-refractivity contribution in [1.82, 2.24) is 24.6 Å². The quantitative estimate of drug-likeness (QED) is 0.794. The number of hydrogen-bond acceptors (Lipinski definition) is 4. The molecule has 1 fully saturated rings. The summed E-state index contributed by atoms with van der Waals surface area (Å²) in [5, 5.41) is 4.30. The van der Waals surface area contributed by atoms with E-state index in [-0.39, 0.29) is 5.56 Å². The standard InChI is InChI=1S/C17H19N5O/c1-12-6-7-17(23)22(20-12)10-13-8-21(9-13)11-16-18-14-4-2-3-5-15(14)19-16/h2-7,13H,8-11H2,1H3,(H,18,19). The summed E-state index contributed by atoms with van der Waals surface area (Å²) < 4.78 is 1.58. The van der Waals surface area contributed by atoms with Crippen molar-refractivity contribution >= 4 is 11.0 Å². The lowest BCUT2D eigenvalue weighted by atomic mass is 10.0. The maximum atomic E-state index is 11.8. The average molecular weight is 309 g/mol. The van der Waals surface area contributed by atoms with Crippen LogP contribution in [0.2, 0.25) is 0 Å². The number of aromatic nitrogens is 4. The molecule has 6 heteroatoms. The number of aromatic amines is 1. The van der Waals surface area contributed by atoms with Gasteiger partial charge in [0.05, 0.1) is 29.8 Å². The number of fused-ring (bicyclic) bond motifs is 1. The Morgan fingerprint density at radius 2 is 2.04 bits per heavy atom. The molecule has 1 aromatic carbocycles. The predicted octanol–water partition coefficient (Wildman–Crippen LogP) is 1.56. The summed E-state index contributed by atoms with van der Waals surface area (Å²) in [6, 6.07) is 11.4. The molecule has 3 aromatic rings. The molecule has 23 heavy (non-hydrogen) atoms. The normalized spacial score (nSPS) is 15.9. The minimum absolute atomic E-state index is 0.0219. The van der Waals surface area contributed by atoms with Crippen molar-refractivity contribution < 1.29 is 0 Å². The molecule has 0 aliphatic carbocycles. The molecule has 1 aliphatic heterocycles. The van der Waals surface area contributed by atoms with Gasteiger partial charge in [0.2, 0.25) is 0 Å². The summed E-state index contributed by atoms with van der Waals surface area (Å²) in [5.41, 5.74) is 2.94. The maximum Gasteiger partial charge on any atom is 0.266 e. The van der Waals surface area contributed by atoms with Crippen LogP contribution in [-0.4, -0.2) is 37.7 Å². The topological polar surface area (TPSA) is 66.8 Å². The Labute approximate surface area is 133 Å². The third kappa shape index (κ3) is 2.90. The molecule has 4 rings (SSSR count). The van der Waals surface area contributed by atoms with Crippen LogP contribution in [0, 0.1) is 12.8 Å². The number of hydrogen-bond donors (Lipinski definition) is 1. The van der Waals surface area contributed by atoms with Gasteiger partial charge < -0.3 is 4.98 Å². The number of para-hydroxylation sites is 2. The summed E-state index contributed by atoms with van der Waals surface area (Å²) in [5.74, 6) is 1.47. The van der Waals surface area contributed by atoms with Crippen LogP contribution < -0.4 is 5.56 Å². The Morgan fingerprint density at radius 3 is 2.87 bits per heavy atom. The molecule has 1 saturated heterocycles. The first-order valence-electron chi connectivity index (χ1n) is 7.88. The largest absolute Gasteiger partial charge is 0.341 e. The zero-order valence-corrected chi connectivity index (χ0v) is 13.1. The Balaban J connectivity index is 1.36. The van der Waals surface area contributed by atoms with Gasteiger partial charge in [-0.05, 0) is 25.1 Å². The van der Waals surface area contributed by atoms with E-state index in [4.69, 9.17) is 0 Å². The predicted molar refractivity (Wildman–Crippen MR) is 88.1 cm³/mol. The fourth-order valence-electron chi connectivity index (χ4n) is 3.14. The Morgan fingerprint density at radius 1 is 1.22 bits per heavy atom. The van der Waals surface area contributed by atoms with Crippen LogP contribution in [0.4, 0.5) is 0 Å². The summed E-state index contributed by atoms with van der Waals surface area (Å²) in [6.07, 6.45) is 0. The van der Waals surface area contributed by atoms with Crippen LogP contribution in [-0.2, 0) is 13.1 Å². The molecule has 0 radical (unpaired) electrons. The van der Waals surface area contributed by atoms with Crippen molar-refractivity contribution in [2.45, 2.75) is 20.0 Å². The third-order valence-electron chi connectivity index (χ3n) is 4.28. The molecule has 0 unspecified atom stereocenters. The number of benzene rings is 1. The van der Waals surface area contributed by atoms with Crippen LogP contribution >= 0.6 is 0 Å². The zero-order chi connectivity index (χ0) is 15.8. The lowest BCUT2D eigenvalue weighted by Gasteiger charge is -2.38. The highest BCUT2D eigenvalue weighted by molar-refractivity contribution is 5.74. The summed E-state index contributed by atoms with van der Waals surface area (Å²) >= 11 is 0. The van der Waals surface area contributed by atoms with Crippen LogP contribution in [0.15, 0.2) is 41.2 Å². The fraction of sp³-hybridized carbons (Fsp3) is 0.353. The highest BCUT2D eigenvalue weighted by Crippen LogP contribution is 2.20. The SMILES string of the molecule is Cc1ccc(=O)n(CC2CN(Cc3nc4ccccc4[nH]3)C2)n1. The van der Waals surface area contributed by atoms with Crippen LogP contribution in [0.25, 0.3) is 11.0 Å². The molecule has 0 bridgehead atoms. The maximum absolute atomic E-state index is 11.8. The molecular weight excluding hydrogens is 290 g/mol. The van der Waals surface area contributed by atoms with Crippen LogP contribution in [0.3, 0.4) is 0 Å². The van der Waals surface area contributed by atoms with Crippen molar-refractivity contribution in [1.29, 1.82) is 0 Å². The van der Waals surface area contributed by atoms with Crippen molar-refractivity contribution in [3.05, 3.63) is 58.3 Å². The number of nitrogens with zero attached hydrogens (tertiary/aromatic N) is 4. The van der Waals surface area contributed by atoms with Gasteiger partial charge in [0.15, 0.2) is 0 Å². The van der Waals surface area contributed by atoms with Crippen molar-refractivity contribution in [3.63, 3.8) is 0 Å². The fourth-order valence-corrected chi connectivity index (χ4v) is 3.14. The van der Waals surface area contributed by atoms with E-state index in [9.17, 15) is 4.79 Å². The molecule has 1 N–H and O–H groups in total. The Hall–Kier alpha value is -2.47. The molecule has 0 spiro atoms. The molecular formula is C17H19N5O. The van der Waals surface area contributed by atoms with Gasteiger partial charge in [0.1, 0.15) is 5.82 Å². The van der Waals surface area contributed by atoms with Crippen LogP contribution in [0.5, 0.6) is 0 Å². The molecule has 0 saturated carbocycles. The first-order chi connectivity index (χ1) is 11.2. The van der Waals surface area contributed by atoms with Crippen molar-refractivity contribution in [2.75, 3.05) is 13.1 Å². The summed E-state index contributed by atoms with van der Waals surface area (Å²) in [4.78, 5) is 22.1. The van der Waals surface area contributed by atoms with E-state index >= 15 is 0 Å².